The largest absolute Gasteiger partial charge is 0.326 e. The number of nitrogens with one attached hydrogen (secondary N) is 1. The number of carbonyl (C=O) groups is 1. The number of rotatable bonds is 2. The maximum atomic E-state index is 11.3. The second-order valence-corrected chi connectivity index (χ2v) is 4.75. The fourth-order valence-electron chi connectivity index (χ4n) is 2.48. The first-order valence-corrected chi connectivity index (χ1v) is 6.60. The quantitative estimate of drug-likeness (QED) is 0.724. The molecule has 2 nitrogen and oxygen atoms in total. The molecule has 0 radical (unpaired) electrons. The lowest BCUT2D eigenvalue weighted by Gasteiger charge is -2.12. The maximum absolute atomic E-state index is 11.3. The average molecular weight is 261 g/mol. The van der Waals surface area contributed by atoms with Crippen LogP contribution >= 0.6 is 0 Å². The van der Waals surface area contributed by atoms with Crippen molar-refractivity contribution in [1.82, 2.24) is 0 Å². The van der Waals surface area contributed by atoms with Crippen LogP contribution in [0.4, 0.5) is 5.69 Å². The molecule has 20 heavy (non-hydrogen) atoms. The van der Waals surface area contributed by atoms with Crippen molar-refractivity contribution in [3.05, 3.63) is 66.7 Å². The highest BCUT2D eigenvalue weighted by atomic mass is 16.1. The molecule has 1 amide bonds. The fraction of sp³-hybridized carbons (Fsp3) is 0.0556. The molecule has 0 fully saturated rings. The van der Waals surface area contributed by atoms with Crippen LogP contribution in [0.1, 0.15) is 6.92 Å². The highest BCUT2D eigenvalue weighted by Crippen LogP contribution is 2.33. The summed E-state index contributed by atoms with van der Waals surface area (Å²) in [5.74, 6) is -0.0577. The molecule has 0 heterocycles. The second kappa shape index (κ2) is 5.17. The summed E-state index contributed by atoms with van der Waals surface area (Å²) in [6.07, 6.45) is 0. The molecule has 0 aliphatic rings. The van der Waals surface area contributed by atoms with E-state index in [1.165, 1.54) is 17.7 Å². The third-order valence-electron chi connectivity index (χ3n) is 3.32. The van der Waals surface area contributed by atoms with Gasteiger partial charge in [0.25, 0.3) is 0 Å². The van der Waals surface area contributed by atoms with E-state index in [1.54, 1.807) is 0 Å². The van der Waals surface area contributed by atoms with Crippen molar-refractivity contribution in [3.63, 3.8) is 0 Å². The first kappa shape index (κ1) is 12.4. The van der Waals surface area contributed by atoms with Crippen LogP contribution in [0.5, 0.6) is 0 Å². The zero-order valence-electron chi connectivity index (χ0n) is 11.3. The molecule has 0 saturated heterocycles. The Labute approximate surface area is 118 Å². The molecule has 1 N–H and O–H groups in total. The fourth-order valence-corrected chi connectivity index (χ4v) is 2.48. The molecule has 0 aromatic heterocycles. The van der Waals surface area contributed by atoms with E-state index in [4.69, 9.17) is 0 Å². The lowest BCUT2D eigenvalue weighted by molar-refractivity contribution is -0.114. The Morgan fingerprint density at radius 3 is 2.30 bits per heavy atom. The Bertz CT molecular complexity index is 772. The van der Waals surface area contributed by atoms with Gasteiger partial charge in [0.2, 0.25) is 5.91 Å². The van der Waals surface area contributed by atoms with Gasteiger partial charge in [-0.3, -0.25) is 4.79 Å². The van der Waals surface area contributed by atoms with Gasteiger partial charge in [-0.05, 0) is 22.4 Å². The van der Waals surface area contributed by atoms with Gasteiger partial charge in [-0.2, -0.15) is 0 Å². The van der Waals surface area contributed by atoms with Crippen molar-refractivity contribution in [2.24, 2.45) is 0 Å². The van der Waals surface area contributed by atoms with E-state index in [2.05, 4.69) is 29.6 Å². The third-order valence-corrected chi connectivity index (χ3v) is 3.32. The molecule has 0 bridgehead atoms. The number of benzene rings is 3. The number of anilines is 1. The number of carbonyl (C=O) groups excluding carboxylic acids is 1. The summed E-state index contributed by atoms with van der Waals surface area (Å²) in [5, 5.41) is 5.28. The Morgan fingerprint density at radius 2 is 1.45 bits per heavy atom. The van der Waals surface area contributed by atoms with Gasteiger partial charge in [0.15, 0.2) is 0 Å². The van der Waals surface area contributed by atoms with E-state index in [0.29, 0.717) is 0 Å². The van der Waals surface area contributed by atoms with Gasteiger partial charge in [-0.1, -0.05) is 60.7 Å². The smallest absolute Gasteiger partial charge is 0.221 e. The molecular formula is C18H15NO. The molecule has 98 valence electrons. The predicted molar refractivity (Wildman–Crippen MR) is 83.7 cm³/mol. The molecule has 0 atom stereocenters. The molecule has 3 aromatic rings. The summed E-state index contributed by atoms with van der Waals surface area (Å²) in [7, 11) is 0. The van der Waals surface area contributed by atoms with Crippen LogP contribution in [0.2, 0.25) is 0 Å². The van der Waals surface area contributed by atoms with Gasteiger partial charge in [0.1, 0.15) is 0 Å². The Morgan fingerprint density at radius 1 is 0.800 bits per heavy atom. The van der Waals surface area contributed by atoms with E-state index in [0.717, 1.165) is 16.8 Å². The lowest BCUT2D eigenvalue weighted by atomic mass is 9.97. The van der Waals surface area contributed by atoms with Crippen molar-refractivity contribution in [2.75, 3.05) is 5.32 Å². The number of para-hydroxylation sites is 1. The molecule has 0 aliphatic carbocycles. The number of fused-ring (bicyclic) bond motifs is 1. The number of hydrogen-bond acceptors (Lipinski definition) is 1. The molecule has 0 aliphatic heterocycles. The van der Waals surface area contributed by atoms with E-state index in [1.807, 2.05) is 42.5 Å². The minimum Gasteiger partial charge on any atom is -0.326 e. The van der Waals surface area contributed by atoms with E-state index in [9.17, 15) is 4.79 Å². The average Bonchev–Trinajstić information content (AvgIpc) is 2.47. The maximum Gasteiger partial charge on any atom is 0.221 e. The summed E-state index contributed by atoms with van der Waals surface area (Å²) in [6, 6.07) is 22.4. The molecule has 3 aromatic carbocycles. The van der Waals surface area contributed by atoms with E-state index < -0.39 is 0 Å². The van der Waals surface area contributed by atoms with Crippen molar-refractivity contribution in [2.45, 2.75) is 6.92 Å². The van der Waals surface area contributed by atoms with Crippen LogP contribution in [-0.2, 0) is 4.79 Å². The van der Waals surface area contributed by atoms with Crippen LogP contribution in [-0.4, -0.2) is 5.91 Å². The number of hydrogen-bond donors (Lipinski definition) is 1. The normalized spacial score (nSPS) is 10.4. The summed E-state index contributed by atoms with van der Waals surface area (Å²) in [6.45, 7) is 1.53. The SMILES string of the molecule is CC(=O)Nc1ccccc1-c1cccc2ccccc12. The molecule has 3 rings (SSSR count). The van der Waals surface area contributed by atoms with Crippen molar-refractivity contribution in [1.29, 1.82) is 0 Å². The summed E-state index contributed by atoms with van der Waals surface area (Å²) in [4.78, 5) is 11.3. The van der Waals surface area contributed by atoms with Gasteiger partial charge in [0, 0.05) is 18.2 Å². The molecule has 0 unspecified atom stereocenters. The zero-order valence-corrected chi connectivity index (χ0v) is 11.3. The van der Waals surface area contributed by atoms with Gasteiger partial charge in [-0.15, -0.1) is 0 Å². The van der Waals surface area contributed by atoms with Crippen LogP contribution in [0, 0.1) is 0 Å². The highest BCUT2D eigenvalue weighted by molar-refractivity contribution is 6.02. The van der Waals surface area contributed by atoms with Crippen LogP contribution in [0.15, 0.2) is 66.7 Å². The summed E-state index contributed by atoms with van der Waals surface area (Å²) in [5.41, 5.74) is 3.02. The van der Waals surface area contributed by atoms with Gasteiger partial charge in [-0.25, -0.2) is 0 Å². The minimum atomic E-state index is -0.0577. The van der Waals surface area contributed by atoms with Gasteiger partial charge >= 0.3 is 0 Å². The third kappa shape index (κ3) is 2.28. The van der Waals surface area contributed by atoms with E-state index >= 15 is 0 Å². The van der Waals surface area contributed by atoms with Crippen molar-refractivity contribution < 1.29 is 4.79 Å². The zero-order chi connectivity index (χ0) is 13.9. The summed E-state index contributed by atoms with van der Waals surface area (Å²) >= 11 is 0. The first-order valence-electron chi connectivity index (χ1n) is 6.60. The van der Waals surface area contributed by atoms with Gasteiger partial charge < -0.3 is 5.32 Å². The lowest BCUT2D eigenvalue weighted by Crippen LogP contribution is -2.06. The van der Waals surface area contributed by atoms with Crippen LogP contribution in [0.3, 0.4) is 0 Å². The molecule has 0 saturated carbocycles. The monoisotopic (exact) mass is 261 g/mol. The van der Waals surface area contributed by atoms with Crippen LogP contribution < -0.4 is 5.32 Å². The molecule has 2 heteroatoms. The van der Waals surface area contributed by atoms with Crippen LogP contribution in [0.25, 0.3) is 21.9 Å². The predicted octanol–water partition coefficient (Wildman–Crippen LogP) is 4.47. The second-order valence-electron chi connectivity index (χ2n) is 4.75. The van der Waals surface area contributed by atoms with Crippen molar-refractivity contribution in [3.8, 4) is 11.1 Å². The Kier molecular flexibility index (Phi) is 3.21. The molecule has 0 spiro atoms. The van der Waals surface area contributed by atoms with Gasteiger partial charge in [0.05, 0.1) is 0 Å². The first-order chi connectivity index (χ1) is 9.75. The molecular weight excluding hydrogens is 246 g/mol. The minimum absolute atomic E-state index is 0.0577. The Hall–Kier alpha value is -2.61. The van der Waals surface area contributed by atoms with Crippen molar-refractivity contribution >= 4 is 22.4 Å². The Balaban J connectivity index is 2.23. The highest BCUT2D eigenvalue weighted by Gasteiger charge is 2.08. The topological polar surface area (TPSA) is 29.1 Å². The summed E-state index contributed by atoms with van der Waals surface area (Å²) < 4.78 is 0. The van der Waals surface area contributed by atoms with E-state index in [-0.39, 0.29) is 5.91 Å². The number of amides is 1. The standard InChI is InChI=1S/C18H15NO/c1-13(20)19-18-12-5-4-10-17(18)16-11-6-8-14-7-2-3-9-15(14)16/h2-12H,1H3,(H,19,20).